The second kappa shape index (κ2) is 5.36. The molecule has 1 N–H and O–H groups in total. The minimum Gasteiger partial charge on any atom is -0.481 e. The minimum absolute atomic E-state index is 0.171. The molecule has 4 nitrogen and oxygen atoms in total. The molecule has 0 bridgehead atoms. The van der Waals surface area contributed by atoms with Crippen LogP contribution in [0.2, 0.25) is 0 Å². The van der Waals surface area contributed by atoms with Gasteiger partial charge in [-0.3, -0.25) is 9.69 Å². The van der Waals surface area contributed by atoms with E-state index in [0.29, 0.717) is 12.1 Å². The third-order valence-electron chi connectivity index (χ3n) is 4.45. The fourth-order valence-corrected chi connectivity index (χ4v) is 3.27. The van der Waals surface area contributed by atoms with Gasteiger partial charge in [0, 0.05) is 26.2 Å². The van der Waals surface area contributed by atoms with E-state index in [-0.39, 0.29) is 11.8 Å². The highest BCUT2D eigenvalue weighted by Gasteiger charge is 2.38. The van der Waals surface area contributed by atoms with Gasteiger partial charge in [0.05, 0.1) is 12.0 Å². The molecular formula is C13H23NO3. The molecule has 1 heterocycles. The number of rotatable bonds is 3. The summed E-state index contributed by atoms with van der Waals surface area (Å²) >= 11 is 0. The molecule has 2 fully saturated rings. The summed E-state index contributed by atoms with van der Waals surface area (Å²) < 4.78 is 5.37. The predicted molar refractivity (Wildman–Crippen MR) is 64.9 cm³/mol. The van der Waals surface area contributed by atoms with E-state index in [0.717, 1.165) is 38.8 Å². The lowest BCUT2D eigenvalue weighted by atomic mass is 9.92. The Morgan fingerprint density at radius 2 is 1.88 bits per heavy atom. The van der Waals surface area contributed by atoms with Crippen molar-refractivity contribution in [2.45, 2.75) is 44.8 Å². The Morgan fingerprint density at radius 1 is 1.24 bits per heavy atom. The molecule has 0 spiro atoms. The molecule has 0 aromatic carbocycles. The van der Waals surface area contributed by atoms with Gasteiger partial charge in [-0.25, -0.2) is 0 Å². The number of likely N-dealkylation sites (tertiary alicyclic amines) is 1. The van der Waals surface area contributed by atoms with Crippen LogP contribution in [-0.2, 0) is 9.53 Å². The highest BCUT2D eigenvalue weighted by Crippen LogP contribution is 2.31. The van der Waals surface area contributed by atoms with Crippen molar-refractivity contribution in [3.8, 4) is 0 Å². The van der Waals surface area contributed by atoms with Crippen molar-refractivity contribution in [2.24, 2.45) is 11.8 Å². The van der Waals surface area contributed by atoms with Crippen molar-refractivity contribution in [3.63, 3.8) is 0 Å². The number of methoxy groups -OCH3 is 1. The van der Waals surface area contributed by atoms with Crippen LogP contribution in [0.3, 0.4) is 0 Å². The number of ether oxygens (including phenoxy) is 1. The van der Waals surface area contributed by atoms with Gasteiger partial charge in [0.1, 0.15) is 0 Å². The quantitative estimate of drug-likeness (QED) is 0.815. The molecule has 1 aliphatic carbocycles. The zero-order valence-corrected chi connectivity index (χ0v) is 10.8. The Bertz CT molecular complexity index is 274. The van der Waals surface area contributed by atoms with Gasteiger partial charge >= 0.3 is 5.97 Å². The van der Waals surface area contributed by atoms with E-state index in [4.69, 9.17) is 9.84 Å². The first-order valence-electron chi connectivity index (χ1n) is 6.61. The van der Waals surface area contributed by atoms with Gasteiger partial charge in [-0.1, -0.05) is 6.92 Å². The number of aliphatic carboxylic acids is 1. The summed E-state index contributed by atoms with van der Waals surface area (Å²) in [7, 11) is 1.78. The summed E-state index contributed by atoms with van der Waals surface area (Å²) in [5.41, 5.74) is 0. The fourth-order valence-electron chi connectivity index (χ4n) is 3.27. The molecule has 2 aliphatic rings. The van der Waals surface area contributed by atoms with Gasteiger partial charge in [0.15, 0.2) is 0 Å². The lowest BCUT2D eigenvalue weighted by Gasteiger charge is -2.34. The average molecular weight is 241 g/mol. The second-order valence-corrected chi connectivity index (χ2v) is 5.54. The Labute approximate surface area is 103 Å². The summed E-state index contributed by atoms with van der Waals surface area (Å²) in [5.74, 6) is -0.520. The molecule has 2 atom stereocenters. The normalized spacial score (nSPS) is 39.4. The van der Waals surface area contributed by atoms with Crippen LogP contribution in [0.5, 0.6) is 0 Å². The first-order valence-corrected chi connectivity index (χ1v) is 6.61. The second-order valence-electron chi connectivity index (χ2n) is 5.54. The van der Waals surface area contributed by atoms with Gasteiger partial charge < -0.3 is 9.84 Å². The lowest BCUT2D eigenvalue weighted by molar-refractivity contribution is -0.142. The molecule has 0 radical (unpaired) electrons. The van der Waals surface area contributed by atoms with E-state index in [2.05, 4.69) is 11.8 Å². The zero-order chi connectivity index (χ0) is 12.4. The van der Waals surface area contributed by atoms with Crippen LogP contribution < -0.4 is 0 Å². The first kappa shape index (κ1) is 12.8. The molecule has 1 saturated carbocycles. The third-order valence-corrected chi connectivity index (χ3v) is 4.45. The average Bonchev–Trinajstić information content (AvgIpc) is 2.71. The van der Waals surface area contributed by atoms with Crippen LogP contribution in [-0.4, -0.2) is 48.3 Å². The molecule has 17 heavy (non-hydrogen) atoms. The van der Waals surface area contributed by atoms with Crippen molar-refractivity contribution in [1.29, 1.82) is 0 Å². The molecule has 1 aliphatic heterocycles. The van der Waals surface area contributed by atoms with Crippen molar-refractivity contribution >= 4 is 5.97 Å². The summed E-state index contributed by atoms with van der Waals surface area (Å²) in [6.07, 6.45) is 4.95. The van der Waals surface area contributed by atoms with Gasteiger partial charge in [-0.2, -0.15) is 0 Å². The molecule has 0 aromatic heterocycles. The lowest BCUT2D eigenvalue weighted by Crippen LogP contribution is -2.38. The number of carboxylic acids is 1. The maximum absolute atomic E-state index is 11.1. The molecule has 2 rings (SSSR count). The summed E-state index contributed by atoms with van der Waals surface area (Å²) in [6, 6.07) is 0.577. The van der Waals surface area contributed by atoms with Crippen LogP contribution in [0.25, 0.3) is 0 Å². The first-order chi connectivity index (χ1) is 8.11. The number of hydrogen-bond acceptors (Lipinski definition) is 3. The van der Waals surface area contributed by atoms with Gasteiger partial charge in [0.2, 0.25) is 0 Å². The monoisotopic (exact) mass is 241 g/mol. The summed E-state index contributed by atoms with van der Waals surface area (Å²) in [5, 5.41) is 9.13. The Hall–Kier alpha value is -0.610. The summed E-state index contributed by atoms with van der Waals surface area (Å²) in [4.78, 5) is 13.5. The van der Waals surface area contributed by atoms with E-state index in [9.17, 15) is 4.79 Å². The Kier molecular flexibility index (Phi) is 4.05. The van der Waals surface area contributed by atoms with Crippen LogP contribution in [0.15, 0.2) is 0 Å². The van der Waals surface area contributed by atoms with E-state index in [1.807, 2.05) is 0 Å². The molecule has 0 unspecified atom stereocenters. The van der Waals surface area contributed by atoms with E-state index < -0.39 is 5.97 Å². The molecule has 0 aromatic rings. The molecular weight excluding hydrogens is 218 g/mol. The summed E-state index contributed by atoms with van der Waals surface area (Å²) in [6.45, 7) is 3.73. The highest BCUT2D eigenvalue weighted by molar-refractivity contribution is 5.71. The minimum atomic E-state index is -0.634. The van der Waals surface area contributed by atoms with Crippen LogP contribution >= 0.6 is 0 Å². The smallest absolute Gasteiger partial charge is 0.308 e. The fraction of sp³-hybridized carbons (Fsp3) is 0.923. The van der Waals surface area contributed by atoms with Gasteiger partial charge in [0.25, 0.3) is 0 Å². The zero-order valence-electron chi connectivity index (χ0n) is 10.8. The number of hydrogen-bond donors (Lipinski definition) is 1. The van der Waals surface area contributed by atoms with Crippen molar-refractivity contribution < 1.29 is 14.6 Å². The predicted octanol–water partition coefficient (Wildman–Crippen LogP) is 1.60. The molecule has 4 heteroatoms. The number of nitrogens with zero attached hydrogens (tertiary/aromatic N) is 1. The molecule has 1 saturated heterocycles. The van der Waals surface area contributed by atoms with Crippen LogP contribution in [0, 0.1) is 11.8 Å². The topological polar surface area (TPSA) is 49.8 Å². The number of carbonyl (C=O) groups is 1. The van der Waals surface area contributed by atoms with Crippen LogP contribution in [0.1, 0.15) is 32.6 Å². The Morgan fingerprint density at radius 3 is 2.35 bits per heavy atom. The maximum Gasteiger partial charge on any atom is 0.308 e. The standard InChI is InChI=1S/C13H23NO3/c1-9-7-14(8-12(9)13(15)16)10-3-5-11(17-2)6-4-10/h9-12H,3-8H2,1-2H3,(H,15,16)/t9-,10?,11?,12-/m1/s1. The third kappa shape index (κ3) is 2.80. The molecule has 98 valence electrons. The van der Waals surface area contributed by atoms with Gasteiger partial charge in [-0.15, -0.1) is 0 Å². The largest absolute Gasteiger partial charge is 0.481 e. The Balaban J connectivity index is 1.86. The van der Waals surface area contributed by atoms with Crippen molar-refractivity contribution in [3.05, 3.63) is 0 Å². The maximum atomic E-state index is 11.1. The van der Waals surface area contributed by atoms with Gasteiger partial charge in [-0.05, 0) is 31.6 Å². The number of carboxylic acid groups (broad SMARTS) is 1. The highest BCUT2D eigenvalue weighted by atomic mass is 16.5. The SMILES string of the molecule is COC1CCC(N2C[C@@H](C)[C@H](C(=O)O)C2)CC1. The van der Waals surface area contributed by atoms with E-state index in [1.165, 1.54) is 0 Å². The molecule has 0 amide bonds. The van der Waals surface area contributed by atoms with Crippen LogP contribution in [0.4, 0.5) is 0 Å². The van der Waals surface area contributed by atoms with E-state index in [1.54, 1.807) is 7.11 Å². The van der Waals surface area contributed by atoms with Crippen molar-refractivity contribution in [2.75, 3.05) is 20.2 Å². The van der Waals surface area contributed by atoms with E-state index >= 15 is 0 Å². The van der Waals surface area contributed by atoms with Crippen molar-refractivity contribution in [1.82, 2.24) is 4.90 Å².